The van der Waals surface area contributed by atoms with Gasteiger partial charge in [0.25, 0.3) is 0 Å². The molecule has 0 saturated heterocycles. The van der Waals surface area contributed by atoms with Crippen molar-refractivity contribution in [3.05, 3.63) is 34.7 Å². The molecule has 0 saturated carbocycles. The fourth-order valence-electron chi connectivity index (χ4n) is 1.49. The number of aromatic nitrogens is 2. The molecule has 2 rings (SSSR count). The third-order valence-corrected chi connectivity index (χ3v) is 2.34. The Kier molecular flexibility index (Phi) is 2.40. The van der Waals surface area contributed by atoms with Gasteiger partial charge in [0, 0.05) is 17.3 Å². The van der Waals surface area contributed by atoms with Crippen LogP contribution in [0.3, 0.4) is 0 Å². The summed E-state index contributed by atoms with van der Waals surface area (Å²) in [4.78, 5) is 19.7. The van der Waals surface area contributed by atoms with Crippen molar-refractivity contribution in [2.24, 2.45) is 0 Å². The number of aryl methyl sites for hydroxylation is 1. The molecular weight excluding hydrogens is 212 g/mol. The molecule has 0 radical (unpaired) electrons. The number of carbonyl (C=O) groups is 1. The van der Waals surface area contributed by atoms with E-state index in [0.717, 1.165) is 5.39 Å². The number of rotatable bonds is 1. The molecule has 0 bridgehead atoms. The zero-order valence-corrected chi connectivity index (χ0v) is 9.17. The minimum atomic E-state index is -0.0622. The van der Waals surface area contributed by atoms with Crippen LogP contribution in [-0.4, -0.2) is 15.8 Å². The summed E-state index contributed by atoms with van der Waals surface area (Å²) in [5, 5.41) is 1.35. The molecule has 2 aromatic rings. The van der Waals surface area contributed by atoms with Gasteiger partial charge in [-0.15, -0.1) is 0 Å². The quantitative estimate of drug-likeness (QED) is 0.694. The number of hydrogen-bond acceptors (Lipinski definition) is 3. The van der Waals surface area contributed by atoms with Crippen molar-refractivity contribution in [3.8, 4) is 0 Å². The summed E-state index contributed by atoms with van der Waals surface area (Å²) in [5.74, 6) is 0.516. The lowest BCUT2D eigenvalue weighted by Crippen LogP contribution is -2.02. The first-order valence-electron chi connectivity index (χ1n) is 4.53. The van der Waals surface area contributed by atoms with Gasteiger partial charge in [-0.2, -0.15) is 0 Å². The third kappa shape index (κ3) is 1.83. The Morgan fingerprint density at radius 3 is 2.73 bits per heavy atom. The van der Waals surface area contributed by atoms with Crippen LogP contribution in [0, 0.1) is 6.92 Å². The van der Waals surface area contributed by atoms with E-state index < -0.39 is 0 Å². The van der Waals surface area contributed by atoms with Crippen LogP contribution < -0.4 is 0 Å². The molecule has 1 heterocycles. The lowest BCUT2D eigenvalue weighted by atomic mass is 10.1. The molecule has 0 aliphatic carbocycles. The number of ketones is 1. The lowest BCUT2D eigenvalue weighted by Gasteiger charge is -2.03. The van der Waals surface area contributed by atoms with Gasteiger partial charge in [-0.25, -0.2) is 9.97 Å². The lowest BCUT2D eigenvalue weighted by molar-refractivity contribution is 0.101. The molecule has 15 heavy (non-hydrogen) atoms. The number of hydrogen-bond donors (Lipinski definition) is 0. The van der Waals surface area contributed by atoms with Crippen LogP contribution in [0.4, 0.5) is 0 Å². The summed E-state index contributed by atoms with van der Waals surface area (Å²) < 4.78 is 0. The Bertz CT molecular complexity index is 546. The Morgan fingerprint density at radius 2 is 2.07 bits per heavy atom. The third-order valence-electron chi connectivity index (χ3n) is 2.10. The van der Waals surface area contributed by atoms with Gasteiger partial charge in [0.1, 0.15) is 11.5 Å². The minimum absolute atomic E-state index is 0.0622. The second kappa shape index (κ2) is 3.59. The Hall–Kier alpha value is -1.48. The van der Waals surface area contributed by atoms with E-state index in [1.807, 2.05) is 0 Å². The van der Waals surface area contributed by atoms with Crippen molar-refractivity contribution in [2.45, 2.75) is 13.8 Å². The average Bonchev–Trinajstić information content (AvgIpc) is 2.15. The van der Waals surface area contributed by atoms with Crippen molar-refractivity contribution in [1.82, 2.24) is 9.97 Å². The number of halogens is 1. The van der Waals surface area contributed by atoms with E-state index in [9.17, 15) is 4.79 Å². The molecule has 1 aromatic carbocycles. The van der Waals surface area contributed by atoms with Crippen LogP contribution in [0.2, 0.25) is 5.02 Å². The summed E-state index contributed by atoms with van der Waals surface area (Å²) in [5.41, 5.74) is 1.16. The van der Waals surface area contributed by atoms with Crippen LogP contribution in [-0.2, 0) is 0 Å². The van der Waals surface area contributed by atoms with E-state index in [2.05, 4.69) is 9.97 Å². The summed E-state index contributed by atoms with van der Waals surface area (Å²) >= 11 is 5.86. The molecule has 76 valence electrons. The predicted molar refractivity (Wildman–Crippen MR) is 59.3 cm³/mol. The van der Waals surface area contributed by atoms with E-state index >= 15 is 0 Å². The molecule has 0 amide bonds. The number of Topliss-reactive ketones (excluding diaryl/α,β-unsaturated/α-hetero) is 1. The second-order valence-corrected chi connectivity index (χ2v) is 3.77. The van der Waals surface area contributed by atoms with Gasteiger partial charge in [-0.1, -0.05) is 11.6 Å². The van der Waals surface area contributed by atoms with Crippen molar-refractivity contribution < 1.29 is 4.79 Å². The molecule has 0 unspecified atom stereocenters. The van der Waals surface area contributed by atoms with Crippen molar-refractivity contribution in [2.75, 3.05) is 0 Å². The molecule has 0 aliphatic rings. The van der Waals surface area contributed by atoms with Crippen LogP contribution in [0.25, 0.3) is 10.9 Å². The molecule has 3 nitrogen and oxygen atoms in total. The van der Waals surface area contributed by atoms with Gasteiger partial charge in [-0.05, 0) is 25.1 Å². The number of benzene rings is 1. The SMILES string of the molecule is CC(=O)c1nc(C)nc2cc(Cl)ccc12. The molecule has 0 atom stereocenters. The normalized spacial score (nSPS) is 10.6. The van der Waals surface area contributed by atoms with Gasteiger partial charge in [0.2, 0.25) is 0 Å². The number of carbonyl (C=O) groups excluding carboxylic acids is 1. The van der Waals surface area contributed by atoms with Gasteiger partial charge in [0.15, 0.2) is 5.78 Å². The van der Waals surface area contributed by atoms with Gasteiger partial charge < -0.3 is 0 Å². The highest BCUT2D eigenvalue weighted by molar-refractivity contribution is 6.31. The molecule has 0 N–H and O–H groups in total. The van der Waals surface area contributed by atoms with Crippen LogP contribution in [0.1, 0.15) is 23.2 Å². The van der Waals surface area contributed by atoms with E-state index in [1.54, 1.807) is 25.1 Å². The Morgan fingerprint density at radius 1 is 1.33 bits per heavy atom. The fourth-order valence-corrected chi connectivity index (χ4v) is 1.65. The minimum Gasteiger partial charge on any atom is -0.293 e. The standard InChI is InChI=1S/C11H9ClN2O/c1-6(15)11-9-4-3-8(12)5-10(9)13-7(2)14-11/h3-5H,1-2H3. The average molecular weight is 221 g/mol. The largest absolute Gasteiger partial charge is 0.293 e. The van der Waals surface area contributed by atoms with E-state index in [4.69, 9.17) is 11.6 Å². The second-order valence-electron chi connectivity index (χ2n) is 3.34. The van der Waals surface area contributed by atoms with E-state index in [-0.39, 0.29) is 5.78 Å². The smallest absolute Gasteiger partial charge is 0.178 e. The van der Waals surface area contributed by atoms with Crippen molar-refractivity contribution >= 4 is 28.3 Å². The molecule has 0 fully saturated rings. The molecule has 1 aromatic heterocycles. The number of fused-ring (bicyclic) bond motifs is 1. The summed E-state index contributed by atoms with van der Waals surface area (Å²) in [6.07, 6.45) is 0. The highest BCUT2D eigenvalue weighted by Crippen LogP contribution is 2.20. The molecule has 4 heteroatoms. The van der Waals surface area contributed by atoms with Crippen molar-refractivity contribution in [1.29, 1.82) is 0 Å². The topological polar surface area (TPSA) is 42.9 Å². The summed E-state index contributed by atoms with van der Waals surface area (Å²) in [6, 6.07) is 5.24. The van der Waals surface area contributed by atoms with Gasteiger partial charge in [-0.3, -0.25) is 4.79 Å². The summed E-state index contributed by atoms with van der Waals surface area (Å²) in [6.45, 7) is 3.25. The van der Waals surface area contributed by atoms with Crippen LogP contribution >= 0.6 is 11.6 Å². The highest BCUT2D eigenvalue weighted by atomic mass is 35.5. The Labute approximate surface area is 92.1 Å². The fraction of sp³-hybridized carbons (Fsp3) is 0.182. The van der Waals surface area contributed by atoms with E-state index in [0.29, 0.717) is 22.1 Å². The molecular formula is C11H9ClN2O. The Balaban J connectivity index is 2.86. The first kappa shape index (κ1) is 10.1. The van der Waals surface area contributed by atoms with Crippen LogP contribution in [0.5, 0.6) is 0 Å². The van der Waals surface area contributed by atoms with Crippen molar-refractivity contribution in [3.63, 3.8) is 0 Å². The maximum Gasteiger partial charge on any atom is 0.178 e. The van der Waals surface area contributed by atoms with Gasteiger partial charge >= 0.3 is 0 Å². The maximum atomic E-state index is 11.4. The monoisotopic (exact) mass is 220 g/mol. The molecule has 0 spiro atoms. The zero-order valence-electron chi connectivity index (χ0n) is 8.41. The van der Waals surface area contributed by atoms with E-state index in [1.165, 1.54) is 6.92 Å². The molecule has 0 aliphatic heterocycles. The first-order valence-corrected chi connectivity index (χ1v) is 4.90. The highest BCUT2D eigenvalue weighted by Gasteiger charge is 2.09. The van der Waals surface area contributed by atoms with Crippen LogP contribution in [0.15, 0.2) is 18.2 Å². The number of nitrogens with zero attached hydrogens (tertiary/aromatic N) is 2. The maximum absolute atomic E-state index is 11.4. The first-order chi connectivity index (χ1) is 7.08. The predicted octanol–water partition coefficient (Wildman–Crippen LogP) is 2.79. The zero-order chi connectivity index (χ0) is 11.0. The van der Waals surface area contributed by atoms with Gasteiger partial charge in [0.05, 0.1) is 5.52 Å². The summed E-state index contributed by atoms with van der Waals surface area (Å²) in [7, 11) is 0.